The number of carbonyl (C=O) groups is 2. The summed E-state index contributed by atoms with van der Waals surface area (Å²) in [6.45, 7) is 3.94. The number of ether oxygens (including phenoxy) is 1. The van der Waals surface area contributed by atoms with E-state index in [4.69, 9.17) is 9.57 Å². The first-order valence-corrected chi connectivity index (χ1v) is 10.7. The zero-order valence-electron chi connectivity index (χ0n) is 17.9. The van der Waals surface area contributed by atoms with Crippen LogP contribution >= 0.6 is 0 Å². The summed E-state index contributed by atoms with van der Waals surface area (Å²) in [7, 11) is 0. The third-order valence-electron chi connectivity index (χ3n) is 6.16. The Bertz CT molecular complexity index is 1180. The molecule has 32 heavy (non-hydrogen) atoms. The summed E-state index contributed by atoms with van der Waals surface area (Å²) >= 11 is 0. The van der Waals surface area contributed by atoms with Gasteiger partial charge in [0.05, 0.1) is 12.3 Å². The molecule has 2 aliphatic heterocycles. The van der Waals surface area contributed by atoms with Crippen molar-refractivity contribution in [1.82, 2.24) is 0 Å². The summed E-state index contributed by atoms with van der Waals surface area (Å²) in [6.07, 6.45) is -1.14. The van der Waals surface area contributed by atoms with Crippen LogP contribution in [0.15, 0.2) is 78.9 Å². The van der Waals surface area contributed by atoms with Crippen LogP contribution in [0.1, 0.15) is 29.7 Å². The molecule has 3 aromatic rings. The lowest BCUT2D eigenvalue weighted by molar-refractivity contribution is -0.159. The summed E-state index contributed by atoms with van der Waals surface area (Å²) in [5.41, 5.74) is 2.79. The maximum Gasteiger partial charge on any atom is 0.339 e. The maximum atomic E-state index is 13.8. The SMILES string of the molecule is CCOC(=O)[C@@H]1ON(c2ccccc2)[C@H](c2cccc(C)c2)C12C(=O)Nc1ccccc12. The number of hydroxylamine groups is 1. The second-order valence-electron chi connectivity index (χ2n) is 8.08. The molecule has 1 unspecified atom stereocenters. The molecular formula is C26H24N2O4. The molecule has 1 amide bonds. The van der Waals surface area contributed by atoms with E-state index >= 15 is 0 Å². The number of fused-ring (bicyclic) bond motifs is 2. The van der Waals surface area contributed by atoms with E-state index in [2.05, 4.69) is 5.32 Å². The Morgan fingerprint density at radius 3 is 2.56 bits per heavy atom. The van der Waals surface area contributed by atoms with E-state index in [-0.39, 0.29) is 12.5 Å². The smallest absolute Gasteiger partial charge is 0.339 e. The number of anilines is 2. The lowest BCUT2D eigenvalue weighted by Crippen LogP contribution is -2.50. The molecule has 1 fully saturated rings. The molecule has 3 atom stereocenters. The third kappa shape index (κ3) is 2.91. The average Bonchev–Trinajstić information content (AvgIpc) is 3.31. The van der Waals surface area contributed by atoms with E-state index < -0.39 is 23.5 Å². The van der Waals surface area contributed by atoms with Crippen LogP contribution in [-0.2, 0) is 24.6 Å². The highest BCUT2D eigenvalue weighted by Crippen LogP contribution is 2.57. The molecule has 1 spiro atoms. The van der Waals surface area contributed by atoms with Crippen molar-refractivity contribution in [2.24, 2.45) is 0 Å². The number of esters is 1. The van der Waals surface area contributed by atoms with Crippen LogP contribution in [0.5, 0.6) is 0 Å². The molecule has 1 saturated heterocycles. The number of hydrogen-bond acceptors (Lipinski definition) is 5. The predicted octanol–water partition coefficient (Wildman–Crippen LogP) is 4.31. The molecule has 0 saturated carbocycles. The van der Waals surface area contributed by atoms with Gasteiger partial charge in [0.25, 0.3) is 0 Å². The van der Waals surface area contributed by atoms with Gasteiger partial charge in [-0.3, -0.25) is 9.63 Å². The highest BCUT2D eigenvalue weighted by molar-refractivity contribution is 6.11. The molecule has 6 heteroatoms. The van der Waals surface area contributed by atoms with Gasteiger partial charge in [0.1, 0.15) is 11.5 Å². The summed E-state index contributed by atoms with van der Waals surface area (Å²) in [5.74, 6) is -0.836. The Labute approximate surface area is 186 Å². The Kier molecular flexibility index (Phi) is 4.94. The van der Waals surface area contributed by atoms with Crippen LogP contribution in [0.3, 0.4) is 0 Å². The van der Waals surface area contributed by atoms with Crippen molar-refractivity contribution in [3.8, 4) is 0 Å². The second-order valence-corrected chi connectivity index (χ2v) is 8.08. The van der Waals surface area contributed by atoms with Gasteiger partial charge in [-0.15, -0.1) is 0 Å². The average molecular weight is 428 g/mol. The van der Waals surface area contributed by atoms with E-state index in [0.29, 0.717) is 5.69 Å². The van der Waals surface area contributed by atoms with Gasteiger partial charge in [-0.2, -0.15) is 0 Å². The topological polar surface area (TPSA) is 67.9 Å². The zero-order chi connectivity index (χ0) is 22.3. The number of nitrogens with zero attached hydrogens (tertiary/aromatic N) is 1. The van der Waals surface area contributed by atoms with Gasteiger partial charge < -0.3 is 10.1 Å². The normalized spacial score (nSPS) is 23.8. The van der Waals surface area contributed by atoms with Crippen LogP contribution in [0.25, 0.3) is 0 Å². The van der Waals surface area contributed by atoms with Crippen molar-refractivity contribution < 1.29 is 19.2 Å². The second kappa shape index (κ2) is 7.80. The Morgan fingerprint density at radius 2 is 1.81 bits per heavy atom. The molecule has 2 heterocycles. The zero-order valence-corrected chi connectivity index (χ0v) is 17.9. The van der Waals surface area contributed by atoms with Gasteiger partial charge in [-0.05, 0) is 43.2 Å². The number of aryl methyl sites for hydroxylation is 1. The fourth-order valence-electron chi connectivity index (χ4n) is 4.89. The van der Waals surface area contributed by atoms with Gasteiger partial charge in [0.15, 0.2) is 0 Å². The summed E-state index contributed by atoms with van der Waals surface area (Å²) in [4.78, 5) is 33.4. The highest BCUT2D eigenvalue weighted by Gasteiger charge is 2.68. The van der Waals surface area contributed by atoms with Gasteiger partial charge in [0, 0.05) is 5.69 Å². The largest absolute Gasteiger partial charge is 0.464 e. The number of nitrogens with one attached hydrogen (secondary N) is 1. The Morgan fingerprint density at radius 1 is 1.06 bits per heavy atom. The molecule has 2 aliphatic rings. The van der Waals surface area contributed by atoms with Crippen molar-refractivity contribution in [2.75, 3.05) is 17.0 Å². The summed E-state index contributed by atoms with van der Waals surface area (Å²) in [5, 5.41) is 4.68. The van der Waals surface area contributed by atoms with Crippen LogP contribution in [0, 0.1) is 6.92 Å². The van der Waals surface area contributed by atoms with Crippen LogP contribution < -0.4 is 10.4 Å². The molecule has 6 nitrogen and oxygen atoms in total. The summed E-state index contributed by atoms with van der Waals surface area (Å²) < 4.78 is 5.40. The van der Waals surface area contributed by atoms with Crippen LogP contribution in [0.4, 0.5) is 11.4 Å². The van der Waals surface area contributed by atoms with E-state index in [1.807, 2.05) is 85.8 Å². The van der Waals surface area contributed by atoms with Gasteiger partial charge >= 0.3 is 5.97 Å². The molecule has 1 N–H and O–H groups in total. The monoisotopic (exact) mass is 428 g/mol. The third-order valence-corrected chi connectivity index (χ3v) is 6.16. The standard InChI is InChI=1S/C26H24N2O4/c1-3-31-24(29)23-26(20-14-7-8-15-21(20)27-25(26)30)22(18-11-9-10-17(2)16-18)28(32-23)19-12-5-4-6-13-19/h4-16,22-23H,3H2,1-2H3,(H,27,30)/t22-,23+,26?/m1/s1. The molecule has 0 radical (unpaired) electrons. The fourth-order valence-corrected chi connectivity index (χ4v) is 4.89. The first kappa shape index (κ1) is 20.3. The number of amides is 1. The van der Waals surface area contributed by atoms with E-state index in [0.717, 1.165) is 22.4 Å². The number of carbonyl (C=O) groups excluding carboxylic acids is 2. The molecular weight excluding hydrogens is 404 g/mol. The van der Waals surface area contributed by atoms with Crippen LogP contribution in [0.2, 0.25) is 0 Å². The number of hydrogen-bond donors (Lipinski definition) is 1. The van der Waals surface area contributed by atoms with Gasteiger partial charge in [0.2, 0.25) is 12.0 Å². The van der Waals surface area contributed by atoms with Crippen molar-refractivity contribution in [1.29, 1.82) is 0 Å². The van der Waals surface area contributed by atoms with Crippen LogP contribution in [-0.4, -0.2) is 24.6 Å². The van der Waals surface area contributed by atoms with E-state index in [9.17, 15) is 9.59 Å². The highest BCUT2D eigenvalue weighted by atomic mass is 16.7. The van der Waals surface area contributed by atoms with Crippen molar-refractivity contribution >= 4 is 23.3 Å². The minimum absolute atomic E-state index is 0.193. The van der Waals surface area contributed by atoms with E-state index in [1.54, 1.807) is 12.0 Å². The van der Waals surface area contributed by atoms with Gasteiger partial charge in [-0.1, -0.05) is 66.2 Å². The molecule has 3 aromatic carbocycles. The summed E-state index contributed by atoms with van der Waals surface area (Å²) in [6, 6.07) is 24.4. The van der Waals surface area contributed by atoms with Crippen molar-refractivity contribution in [2.45, 2.75) is 31.4 Å². The van der Waals surface area contributed by atoms with Crippen molar-refractivity contribution in [3.05, 3.63) is 95.6 Å². The minimum atomic E-state index is -1.31. The lowest BCUT2D eigenvalue weighted by Gasteiger charge is -2.33. The fraction of sp³-hybridized carbons (Fsp3) is 0.231. The number of para-hydroxylation sites is 2. The Hall–Kier alpha value is -3.64. The molecule has 0 aliphatic carbocycles. The van der Waals surface area contributed by atoms with Gasteiger partial charge in [-0.25, -0.2) is 9.86 Å². The van der Waals surface area contributed by atoms with E-state index in [1.165, 1.54) is 0 Å². The first-order valence-electron chi connectivity index (χ1n) is 10.7. The molecule has 162 valence electrons. The first-order chi connectivity index (χ1) is 15.6. The number of benzene rings is 3. The quantitative estimate of drug-likeness (QED) is 0.628. The van der Waals surface area contributed by atoms with Crippen molar-refractivity contribution in [3.63, 3.8) is 0 Å². The maximum absolute atomic E-state index is 13.8. The lowest BCUT2D eigenvalue weighted by atomic mass is 9.69. The number of rotatable bonds is 4. The minimum Gasteiger partial charge on any atom is -0.464 e. The molecule has 0 aromatic heterocycles. The Balaban J connectivity index is 1.80. The molecule has 5 rings (SSSR count). The molecule has 0 bridgehead atoms. The predicted molar refractivity (Wildman–Crippen MR) is 121 cm³/mol.